The number of carbonyl (C=O) groups is 2. The topological polar surface area (TPSA) is 34.1 Å². The number of ketones is 2. The summed E-state index contributed by atoms with van der Waals surface area (Å²) in [6.45, 7) is 1.80. The second kappa shape index (κ2) is 5.28. The molecule has 0 heterocycles. The fraction of sp³-hybridized carbons (Fsp3) is 0.263. The van der Waals surface area contributed by atoms with E-state index in [-0.39, 0.29) is 17.5 Å². The summed E-state index contributed by atoms with van der Waals surface area (Å²) in [5.41, 5.74) is 1.10. The fourth-order valence-electron chi connectivity index (χ4n) is 3.17. The molecule has 1 aliphatic carbocycles. The first-order chi connectivity index (χ1) is 10.1. The highest BCUT2D eigenvalue weighted by Crippen LogP contribution is 2.42. The molecule has 0 aromatic heterocycles. The minimum atomic E-state index is -0.887. The number of hydrogen-bond donors (Lipinski definition) is 0. The average molecular weight is 278 g/mol. The molecule has 0 N–H and O–H groups in total. The van der Waals surface area contributed by atoms with Crippen molar-refractivity contribution >= 4 is 11.6 Å². The van der Waals surface area contributed by atoms with Gasteiger partial charge in [0, 0.05) is 6.42 Å². The molecule has 106 valence electrons. The van der Waals surface area contributed by atoms with Crippen molar-refractivity contribution in [3.8, 4) is 0 Å². The summed E-state index contributed by atoms with van der Waals surface area (Å²) < 4.78 is 0. The lowest BCUT2D eigenvalue weighted by molar-refractivity contribution is -0.134. The van der Waals surface area contributed by atoms with Crippen molar-refractivity contribution in [1.29, 1.82) is 0 Å². The van der Waals surface area contributed by atoms with E-state index in [2.05, 4.69) is 0 Å². The average Bonchev–Trinajstić information content (AvgIpc) is 2.73. The van der Waals surface area contributed by atoms with Gasteiger partial charge in [0.05, 0.1) is 11.3 Å². The molecule has 2 aromatic carbocycles. The van der Waals surface area contributed by atoms with E-state index in [0.29, 0.717) is 12.8 Å². The third kappa shape index (κ3) is 2.42. The van der Waals surface area contributed by atoms with Crippen LogP contribution in [0.4, 0.5) is 0 Å². The van der Waals surface area contributed by atoms with Crippen LogP contribution in [-0.2, 0) is 16.0 Å². The lowest BCUT2D eigenvalue weighted by atomic mass is 9.79. The molecular weight excluding hydrogens is 260 g/mol. The van der Waals surface area contributed by atoms with Crippen LogP contribution >= 0.6 is 0 Å². The monoisotopic (exact) mass is 278 g/mol. The first-order valence-electron chi connectivity index (χ1n) is 7.28. The Bertz CT molecular complexity index is 660. The zero-order chi connectivity index (χ0) is 14.9. The highest BCUT2D eigenvalue weighted by molar-refractivity contribution is 6.16. The van der Waals surface area contributed by atoms with Gasteiger partial charge >= 0.3 is 0 Å². The van der Waals surface area contributed by atoms with E-state index >= 15 is 0 Å². The summed E-state index contributed by atoms with van der Waals surface area (Å²) in [5, 5.41) is 0. The van der Waals surface area contributed by atoms with Gasteiger partial charge in [-0.3, -0.25) is 9.59 Å². The van der Waals surface area contributed by atoms with Crippen LogP contribution < -0.4 is 0 Å². The molecule has 1 saturated carbocycles. The smallest absolute Gasteiger partial charge is 0.154 e. The third-order valence-electron chi connectivity index (χ3n) is 4.47. The van der Waals surface area contributed by atoms with E-state index in [1.54, 1.807) is 6.92 Å². The Morgan fingerprint density at radius 2 is 1.52 bits per heavy atom. The molecule has 0 spiro atoms. The molecular formula is C19H18O2. The van der Waals surface area contributed by atoms with Crippen LogP contribution in [0.2, 0.25) is 0 Å². The molecule has 2 heteroatoms. The molecule has 0 radical (unpaired) electrons. The van der Waals surface area contributed by atoms with Crippen LogP contribution in [-0.4, -0.2) is 11.6 Å². The highest BCUT2D eigenvalue weighted by Gasteiger charge is 2.51. The SMILES string of the molecule is C[C@]1(Cc2ccccc2)C(=O)C[C@H](c2ccccc2)C1=O. The minimum Gasteiger partial charge on any atom is -0.299 e. The first-order valence-corrected chi connectivity index (χ1v) is 7.28. The second-order valence-corrected chi connectivity index (χ2v) is 5.95. The maximum absolute atomic E-state index is 12.8. The van der Waals surface area contributed by atoms with Crippen LogP contribution in [0, 0.1) is 5.41 Å². The lowest BCUT2D eigenvalue weighted by Crippen LogP contribution is -2.32. The van der Waals surface area contributed by atoms with Crippen molar-refractivity contribution < 1.29 is 9.59 Å². The molecule has 0 unspecified atom stereocenters. The van der Waals surface area contributed by atoms with Crippen molar-refractivity contribution in [2.45, 2.75) is 25.7 Å². The maximum Gasteiger partial charge on any atom is 0.154 e. The van der Waals surface area contributed by atoms with Crippen LogP contribution in [0.3, 0.4) is 0 Å². The summed E-state index contributed by atoms with van der Waals surface area (Å²) in [6.07, 6.45) is 0.820. The normalized spacial score (nSPS) is 25.3. The molecule has 2 aromatic rings. The van der Waals surface area contributed by atoms with Crippen LogP contribution in [0.25, 0.3) is 0 Å². The number of Topliss-reactive ketones (excluding diaryl/α,β-unsaturated/α-hetero) is 2. The molecule has 0 bridgehead atoms. The van der Waals surface area contributed by atoms with Gasteiger partial charge in [0.1, 0.15) is 5.78 Å². The Morgan fingerprint density at radius 3 is 2.14 bits per heavy atom. The van der Waals surface area contributed by atoms with E-state index in [1.165, 1.54) is 0 Å². The van der Waals surface area contributed by atoms with Gasteiger partial charge in [0.2, 0.25) is 0 Å². The molecule has 2 nitrogen and oxygen atoms in total. The van der Waals surface area contributed by atoms with Gasteiger partial charge in [0.15, 0.2) is 5.78 Å². The number of carbonyl (C=O) groups excluding carboxylic acids is 2. The van der Waals surface area contributed by atoms with Crippen LogP contribution in [0.15, 0.2) is 60.7 Å². The molecule has 2 atom stereocenters. The van der Waals surface area contributed by atoms with Gasteiger partial charge in [-0.05, 0) is 24.5 Å². The van der Waals surface area contributed by atoms with Crippen LogP contribution in [0.1, 0.15) is 30.4 Å². The molecule has 0 saturated heterocycles. The Labute approximate surface area is 124 Å². The van der Waals surface area contributed by atoms with E-state index in [1.807, 2.05) is 60.7 Å². The third-order valence-corrected chi connectivity index (χ3v) is 4.47. The maximum atomic E-state index is 12.8. The summed E-state index contributed by atoms with van der Waals surface area (Å²) in [4.78, 5) is 25.3. The van der Waals surface area contributed by atoms with Crippen molar-refractivity contribution in [2.24, 2.45) is 5.41 Å². The van der Waals surface area contributed by atoms with E-state index < -0.39 is 5.41 Å². The predicted molar refractivity (Wildman–Crippen MR) is 82.1 cm³/mol. The Hall–Kier alpha value is -2.22. The summed E-state index contributed by atoms with van der Waals surface area (Å²) in [7, 11) is 0. The minimum absolute atomic E-state index is 0.0579. The Balaban J connectivity index is 1.90. The second-order valence-electron chi connectivity index (χ2n) is 5.95. The summed E-state index contributed by atoms with van der Waals surface area (Å²) in [6, 6.07) is 19.4. The van der Waals surface area contributed by atoms with E-state index in [4.69, 9.17) is 0 Å². The number of rotatable bonds is 3. The first kappa shape index (κ1) is 13.7. The van der Waals surface area contributed by atoms with Gasteiger partial charge < -0.3 is 0 Å². The standard InChI is InChI=1S/C19H18O2/c1-19(13-14-8-4-2-5-9-14)17(20)12-16(18(19)21)15-10-6-3-7-11-15/h2-11,16H,12-13H2,1H3/t16-,19+/m1/s1. The molecule has 0 aliphatic heterocycles. The predicted octanol–water partition coefficient (Wildman–Crippen LogP) is 3.56. The van der Waals surface area contributed by atoms with E-state index in [0.717, 1.165) is 11.1 Å². The number of benzene rings is 2. The highest BCUT2D eigenvalue weighted by atomic mass is 16.2. The van der Waals surface area contributed by atoms with Gasteiger partial charge in [0.25, 0.3) is 0 Å². The van der Waals surface area contributed by atoms with Crippen molar-refractivity contribution in [1.82, 2.24) is 0 Å². The summed E-state index contributed by atoms with van der Waals surface area (Å²) in [5.74, 6) is -0.167. The molecule has 1 fully saturated rings. The zero-order valence-electron chi connectivity index (χ0n) is 12.1. The quantitative estimate of drug-likeness (QED) is 0.804. The fourth-order valence-corrected chi connectivity index (χ4v) is 3.17. The molecule has 21 heavy (non-hydrogen) atoms. The van der Waals surface area contributed by atoms with Crippen molar-refractivity contribution in [3.63, 3.8) is 0 Å². The van der Waals surface area contributed by atoms with Gasteiger partial charge in [-0.2, -0.15) is 0 Å². The number of hydrogen-bond acceptors (Lipinski definition) is 2. The zero-order valence-corrected chi connectivity index (χ0v) is 12.1. The molecule has 0 amide bonds. The Kier molecular flexibility index (Phi) is 3.46. The van der Waals surface area contributed by atoms with E-state index in [9.17, 15) is 9.59 Å². The molecule has 3 rings (SSSR count). The van der Waals surface area contributed by atoms with Gasteiger partial charge in [-0.15, -0.1) is 0 Å². The largest absolute Gasteiger partial charge is 0.299 e. The van der Waals surface area contributed by atoms with Gasteiger partial charge in [-0.1, -0.05) is 60.7 Å². The van der Waals surface area contributed by atoms with Gasteiger partial charge in [-0.25, -0.2) is 0 Å². The summed E-state index contributed by atoms with van der Waals surface area (Å²) >= 11 is 0. The van der Waals surface area contributed by atoms with Crippen molar-refractivity contribution in [2.75, 3.05) is 0 Å². The van der Waals surface area contributed by atoms with Crippen molar-refractivity contribution in [3.05, 3.63) is 71.8 Å². The van der Waals surface area contributed by atoms with Crippen LogP contribution in [0.5, 0.6) is 0 Å². The Morgan fingerprint density at radius 1 is 0.952 bits per heavy atom. The lowest BCUT2D eigenvalue weighted by Gasteiger charge is -2.21. The molecule has 1 aliphatic rings.